The highest BCUT2D eigenvalue weighted by Crippen LogP contribution is 2.29. The van der Waals surface area contributed by atoms with Gasteiger partial charge >= 0.3 is 0 Å². The van der Waals surface area contributed by atoms with Gasteiger partial charge < -0.3 is 10.6 Å². The first kappa shape index (κ1) is 14.6. The van der Waals surface area contributed by atoms with Crippen LogP contribution < -0.4 is 10.6 Å². The summed E-state index contributed by atoms with van der Waals surface area (Å²) in [6.07, 6.45) is 3.40. The van der Waals surface area contributed by atoms with Gasteiger partial charge in [0.05, 0.1) is 0 Å². The van der Waals surface area contributed by atoms with E-state index in [0.29, 0.717) is 11.3 Å². The number of hydrogen-bond acceptors (Lipinski definition) is 3. The first-order valence-corrected chi connectivity index (χ1v) is 7.97. The highest BCUT2D eigenvalue weighted by molar-refractivity contribution is 6.12. The van der Waals surface area contributed by atoms with Crippen LogP contribution in [0.25, 0.3) is 0 Å². The van der Waals surface area contributed by atoms with Crippen LogP contribution in [0.2, 0.25) is 0 Å². The highest BCUT2D eigenvalue weighted by Gasteiger charge is 2.19. The van der Waals surface area contributed by atoms with Crippen molar-refractivity contribution in [2.45, 2.75) is 26.2 Å². The maximum atomic E-state index is 12.7. The van der Waals surface area contributed by atoms with Crippen molar-refractivity contribution in [1.29, 1.82) is 0 Å². The number of hydrogen-bond donors (Lipinski definition) is 1. The fourth-order valence-corrected chi connectivity index (χ4v) is 3.15. The molecule has 1 aliphatic rings. The van der Waals surface area contributed by atoms with Gasteiger partial charge in [0.25, 0.3) is 0 Å². The minimum absolute atomic E-state index is 0.00271. The molecule has 114 valence electrons. The van der Waals surface area contributed by atoms with E-state index in [1.807, 2.05) is 24.3 Å². The number of nitrogen functional groups attached to an aromatic ring is 1. The van der Waals surface area contributed by atoms with Gasteiger partial charge in [-0.25, -0.2) is 0 Å². The molecule has 0 atom stereocenters. The Balaban J connectivity index is 1.97. The van der Waals surface area contributed by atoms with E-state index in [4.69, 9.17) is 5.73 Å². The fraction of sp³-hybridized carbons (Fsp3) is 0.316. The van der Waals surface area contributed by atoms with Crippen LogP contribution in [-0.4, -0.2) is 18.9 Å². The van der Waals surface area contributed by atoms with Crippen molar-refractivity contribution in [3.8, 4) is 0 Å². The van der Waals surface area contributed by atoms with Crippen LogP contribution in [0.5, 0.6) is 0 Å². The minimum atomic E-state index is 0.00271. The Labute approximate surface area is 131 Å². The first-order valence-electron chi connectivity index (χ1n) is 7.97. The lowest BCUT2D eigenvalue weighted by atomic mass is 9.95. The van der Waals surface area contributed by atoms with E-state index in [1.165, 1.54) is 17.7 Å². The molecule has 0 unspecified atom stereocenters. The molecule has 0 bridgehead atoms. The Morgan fingerprint density at radius 1 is 1.23 bits per heavy atom. The van der Waals surface area contributed by atoms with Gasteiger partial charge in [-0.15, -0.1) is 0 Å². The third-order valence-electron chi connectivity index (χ3n) is 4.26. The number of carbonyl (C=O) groups excluding carboxylic acids is 1. The number of nitrogens with two attached hydrogens (primary N) is 1. The summed E-state index contributed by atoms with van der Waals surface area (Å²) in [5, 5.41) is 0. The molecule has 0 amide bonds. The second-order valence-electron chi connectivity index (χ2n) is 5.85. The number of anilines is 2. The molecule has 0 aliphatic carbocycles. The molecule has 2 N–H and O–H groups in total. The van der Waals surface area contributed by atoms with Crippen molar-refractivity contribution in [2.24, 2.45) is 0 Å². The maximum Gasteiger partial charge on any atom is 0.195 e. The minimum Gasteiger partial charge on any atom is -0.398 e. The SMILES string of the molecule is CCCN1CCCc2ccc(C(=O)c3ccccc3N)cc21. The van der Waals surface area contributed by atoms with Crippen molar-refractivity contribution >= 4 is 17.2 Å². The summed E-state index contributed by atoms with van der Waals surface area (Å²) >= 11 is 0. The Morgan fingerprint density at radius 2 is 2.05 bits per heavy atom. The molecule has 1 heterocycles. The quantitative estimate of drug-likeness (QED) is 0.691. The number of para-hydroxylation sites is 1. The second-order valence-corrected chi connectivity index (χ2v) is 5.85. The van der Waals surface area contributed by atoms with E-state index >= 15 is 0 Å². The van der Waals surface area contributed by atoms with Crippen LogP contribution in [-0.2, 0) is 6.42 Å². The van der Waals surface area contributed by atoms with Crippen LogP contribution in [0.15, 0.2) is 42.5 Å². The summed E-state index contributed by atoms with van der Waals surface area (Å²) < 4.78 is 0. The lowest BCUT2D eigenvalue weighted by molar-refractivity contribution is 0.103. The zero-order valence-corrected chi connectivity index (χ0v) is 13.0. The molecule has 22 heavy (non-hydrogen) atoms. The molecular formula is C19H22N2O. The summed E-state index contributed by atoms with van der Waals surface area (Å²) in [5.41, 5.74) is 10.3. The summed E-state index contributed by atoms with van der Waals surface area (Å²) in [5.74, 6) is 0.00271. The van der Waals surface area contributed by atoms with E-state index in [1.54, 1.807) is 12.1 Å². The lowest BCUT2D eigenvalue weighted by Crippen LogP contribution is -2.30. The molecule has 0 radical (unpaired) electrons. The largest absolute Gasteiger partial charge is 0.398 e. The number of rotatable bonds is 4. The number of fused-ring (bicyclic) bond motifs is 1. The van der Waals surface area contributed by atoms with E-state index < -0.39 is 0 Å². The topological polar surface area (TPSA) is 46.3 Å². The van der Waals surface area contributed by atoms with Crippen molar-refractivity contribution in [3.05, 3.63) is 59.2 Å². The van der Waals surface area contributed by atoms with Crippen molar-refractivity contribution in [1.82, 2.24) is 0 Å². The molecule has 1 aliphatic heterocycles. The molecular weight excluding hydrogens is 272 g/mol. The molecule has 3 nitrogen and oxygen atoms in total. The van der Waals surface area contributed by atoms with E-state index in [2.05, 4.69) is 17.9 Å². The zero-order chi connectivity index (χ0) is 15.5. The van der Waals surface area contributed by atoms with Gasteiger partial charge in [0.15, 0.2) is 5.78 Å². The number of ketones is 1. The predicted molar refractivity (Wildman–Crippen MR) is 91.6 cm³/mol. The third-order valence-corrected chi connectivity index (χ3v) is 4.26. The molecule has 2 aromatic carbocycles. The fourth-order valence-electron chi connectivity index (χ4n) is 3.15. The van der Waals surface area contributed by atoms with Crippen LogP contribution in [0.4, 0.5) is 11.4 Å². The average Bonchev–Trinajstić information content (AvgIpc) is 2.55. The summed E-state index contributed by atoms with van der Waals surface area (Å²) in [6.45, 7) is 4.30. The summed E-state index contributed by atoms with van der Waals surface area (Å²) in [4.78, 5) is 15.1. The van der Waals surface area contributed by atoms with Crippen LogP contribution in [0.1, 0.15) is 41.3 Å². The Bertz CT molecular complexity index is 694. The molecule has 2 aromatic rings. The Hall–Kier alpha value is -2.29. The van der Waals surface area contributed by atoms with Crippen molar-refractivity contribution in [2.75, 3.05) is 23.7 Å². The molecule has 3 rings (SSSR count). The number of carbonyl (C=O) groups is 1. The monoisotopic (exact) mass is 294 g/mol. The molecule has 0 saturated carbocycles. The number of benzene rings is 2. The van der Waals surface area contributed by atoms with Gasteiger partial charge in [-0.1, -0.05) is 31.2 Å². The molecule has 0 saturated heterocycles. The molecule has 0 spiro atoms. The van der Waals surface area contributed by atoms with Gasteiger partial charge in [-0.05, 0) is 43.0 Å². The predicted octanol–water partition coefficient (Wildman–Crippen LogP) is 3.66. The Morgan fingerprint density at radius 3 is 2.82 bits per heavy atom. The smallest absolute Gasteiger partial charge is 0.195 e. The Kier molecular flexibility index (Phi) is 4.14. The second kappa shape index (κ2) is 6.22. The standard InChI is InChI=1S/C19H22N2O/c1-2-11-21-12-5-6-14-9-10-15(13-18(14)21)19(22)16-7-3-4-8-17(16)20/h3-4,7-10,13H,2,5-6,11-12,20H2,1H3. The molecule has 3 heteroatoms. The van der Waals surface area contributed by atoms with E-state index in [0.717, 1.165) is 31.5 Å². The van der Waals surface area contributed by atoms with Crippen LogP contribution >= 0.6 is 0 Å². The summed E-state index contributed by atoms with van der Waals surface area (Å²) in [7, 11) is 0. The third kappa shape index (κ3) is 2.71. The average molecular weight is 294 g/mol. The van der Waals surface area contributed by atoms with Gasteiger partial charge in [-0.2, -0.15) is 0 Å². The normalized spacial score (nSPS) is 13.8. The highest BCUT2D eigenvalue weighted by atomic mass is 16.1. The van der Waals surface area contributed by atoms with Crippen molar-refractivity contribution in [3.63, 3.8) is 0 Å². The molecule has 0 fully saturated rings. The maximum absolute atomic E-state index is 12.7. The van der Waals surface area contributed by atoms with E-state index in [9.17, 15) is 4.79 Å². The molecule has 0 aromatic heterocycles. The zero-order valence-electron chi connectivity index (χ0n) is 13.0. The van der Waals surface area contributed by atoms with Gasteiger partial charge in [0.2, 0.25) is 0 Å². The van der Waals surface area contributed by atoms with Gasteiger partial charge in [-0.3, -0.25) is 4.79 Å². The van der Waals surface area contributed by atoms with E-state index in [-0.39, 0.29) is 5.78 Å². The summed E-state index contributed by atoms with van der Waals surface area (Å²) in [6, 6.07) is 13.3. The van der Waals surface area contributed by atoms with Crippen LogP contribution in [0, 0.1) is 0 Å². The number of nitrogens with zero attached hydrogens (tertiary/aromatic N) is 1. The number of aryl methyl sites for hydroxylation is 1. The van der Waals surface area contributed by atoms with Gasteiger partial charge in [0, 0.05) is 35.6 Å². The van der Waals surface area contributed by atoms with Gasteiger partial charge in [0.1, 0.15) is 0 Å². The van der Waals surface area contributed by atoms with Crippen molar-refractivity contribution < 1.29 is 4.79 Å². The van der Waals surface area contributed by atoms with Crippen LogP contribution in [0.3, 0.4) is 0 Å². The lowest BCUT2D eigenvalue weighted by Gasteiger charge is -2.31. The first-order chi connectivity index (χ1) is 10.7.